The molecular weight excluding hydrogens is 122 g/mol. The molecule has 1 nitrogen and oxygen atoms in total. The average molecular weight is 139 g/mol. The Kier molecular flexibility index (Phi) is 7.97. The number of likely N-dealkylation sites (N-methyl/N-ethyl adjacent to an activating group) is 1. The van der Waals surface area contributed by atoms with E-state index < -0.39 is 0 Å². The lowest BCUT2D eigenvalue weighted by Crippen LogP contribution is -2.11. The molecule has 0 aliphatic heterocycles. The van der Waals surface area contributed by atoms with Crippen LogP contribution in [0.25, 0.3) is 0 Å². The lowest BCUT2D eigenvalue weighted by molar-refractivity contribution is 0.799. The molecule has 0 aliphatic rings. The van der Waals surface area contributed by atoms with Crippen LogP contribution in [0.1, 0.15) is 20.3 Å². The molecule has 0 rings (SSSR count). The molecule has 0 spiro atoms. The van der Waals surface area contributed by atoms with Gasteiger partial charge in [-0.2, -0.15) is 0 Å². The molecular formula is C9H17N. The molecule has 0 aliphatic carbocycles. The van der Waals surface area contributed by atoms with Gasteiger partial charge in [-0.1, -0.05) is 38.2 Å². The second-order valence-electron chi connectivity index (χ2n) is 2.07. The Morgan fingerprint density at radius 2 is 1.80 bits per heavy atom. The zero-order chi connectivity index (χ0) is 7.66. The van der Waals surface area contributed by atoms with Gasteiger partial charge in [0.2, 0.25) is 0 Å². The van der Waals surface area contributed by atoms with Crippen molar-refractivity contribution in [3.63, 3.8) is 0 Å². The van der Waals surface area contributed by atoms with Crippen LogP contribution in [0.4, 0.5) is 0 Å². The molecule has 0 aromatic carbocycles. The molecule has 1 heteroatoms. The molecule has 0 saturated heterocycles. The van der Waals surface area contributed by atoms with Gasteiger partial charge in [0, 0.05) is 6.54 Å². The predicted octanol–water partition coefficient (Wildman–Crippen LogP) is 2.12. The van der Waals surface area contributed by atoms with Crippen LogP contribution >= 0.6 is 0 Å². The van der Waals surface area contributed by atoms with Crippen LogP contribution in [-0.2, 0) is 0 Å². The Morgan fingerprint density at radius 3 is 2.40 bits per heavy atom. The normalized spacial score (nSPS) is 11.8. The SMILES string of the molecule is CC/C=C/C=C\CNCC. The summed E-state index contributed by atoms with van der Waals surface area (Å²) in [5, 5.41) is 3.20. The predicted molar refractivity (Wildman–Crippen MR) is 47.1 cm³/mol. The van der Waals surface area contributed by atoms with E-state index in [4.69, 9.17) is 0 Å². The highest BCUT2D eigenvalue weighted by molar-refractivity contribution is 5.02. The molecule has 1 N–H and O–H groups in total. The molecule has 0 heterocycles. The molecule has 0 saturated carbocycles. The molecule has 0 unspecified atom stereocenters. The Morgan fingerprint density at radius 1 is 1.10 bits per heavy atom. The van der Waals surface area contributed by atoms with Crippen LogP contribution in [0.5, 0.6) is 0 Å². The van der Waals surface area contributed by atoms with Gasteiger partial charge in [-0.05, 0) is 13.0 Å². The van der Waals surface area contributed by atoms with Gasteiger partial charge in [0.1, 0.15) is 0 Å². The summed E-state index contributed by atoms with van der Waals surface area (Å²) in [6.45, 7) is 6.26. The fraction of sp³-hybridized carbons (Fsp3) is 0.556. The summed E-state index contributed by atoms with van der Waals surface area (Å²) in [7, 11) is 0. The number of hydrogen-bond acceptors (Lipinski definition) is 1. The van der Waals surface area contributed by atoms with Crippen molar-refractivity contribution in [2.75, 3.05) is 13.1 Å². The summed E-state index contributed by atoms with van der Waals surface area (Å²) < 4.78 is 0. The summed E-state index contributed by atoms with van der Waals surface area (Å²) in [5.41, 5.74) is 0. The number of nitrogens with one attached hydrogen (secondary N) is 1. The molecule has 58 valence electrons. The molecule has 0 radical (unpaired) electrons. The minimum atomic E-state index is 0.977. The molecule has 0 atom stereocenters. The van der Waals surface area contributed by atoms with E-state index >= 15 is 0 Å². The molecule has 0 bridgehead atoms. The van der Waals surface area contributed by atoms with Gasteiger partial charge < -0.3 is 5.32 Å². The zero-order valence-electron chi connectivity index (χ0n) is 6.93. The first-order chi connectivity index (χ1) is 4.91. The lowest BCUT2D eigenvalue weighted by atomic mass is 10.4. The van der Waals surface area contributed by atoms with E-state index in [1.807, 2.05) is 0 Å². The van der Waals surface area contributed by atoms with Gasteiger partial charge in [0.25, 0.3) is 0 Å². The Hall–Kier alpha value is -0.560. The van der Waals surface area contributed by atoms with Crippen molar-refractivity contribution in [2.45, 2.75) is 20.3 Å². The third-order valence-corrected chi connectivity index (χ3v) is 1.13. The maximum absolute atomic E-state index is 3.20. The van der Waals surface area contributed by atoms with E-state index in [2.05, 4.69) is 43.5 Å². The highest BCUT2D eigenvalue weighted by Gasteiger charge is 1.71. The highest BCUT2D eigenvalue weighted by Crippen LogP contribution is 1.80. The molecule has 0 aromatic heterocycles. The van der Waals surface area contributed by atoms with Crippen molar-refractivity contribution in [1.29, 1.82) is 0 Å². The van der Waals surface area contributed by atoms with E-state index in [0.717, 1.165) is 19.5 Å². The summed E-state index contributed by atoms with van der Waals surface area (Å²) in [5.74, 6) is 0. The number of rotatable bonds is 5. The largest absolute Gasteiger partial charge is 0.314 e. The third-order valence-electron chi connectivity index (χ3n) is 1.13. The quantitative estimate of drug-likeness (QED) is 0.454. The summed E-state index contributed by atoms with van der Waals surface area (Å²) in [6.07, 6.45) is 9.53. The average Bonchev–Trinajstić information content (AvgIpc) is 1.97. The van der Waals surface area contributed by atoms with Gasteiger partial charge in [-0.3, -0.25) is 0 Å². The Bertz CT molecular complexity index is 103. The van der Waals surface area contributed by atoms with Crippen molar-refractivity contribution < 1.29 is 0 Å². The van der Waals surface area contributed by atoms with Gasteiger partial charge in [-0.15, -0.1) is 0 Å². The van der Waals surface area contributed by atoms with Crippen molar-refractivity contribution >= 4 is 0 Å². The molecule has 10 heavy (non-hydrogen) atoms. The maximum Gasteiger partial charge on any atom is 0.0137 e. The van der Waals surface area contributed by atoms with Crippen LogP contribution in [0.3, 0.4) is 0 Å². The van der Waals surface area contributed by atoms with E-state index in [1.54, 1.807) is 0 Å². The van der Waals surface area contributed by atoms with Crippen molar-refractivity contribution in [2.24, 2.45) is 0 Å². The van der Waals surface area contributed by atoms with Gasteiger partial charge >= 0.3 is 0 Å². The van der Waals surface area contributed by atoms with Crippen molar-refractivity contribution in [1.82, 2.24) is 5.32 Å². The first-order valence-corrected chi connectivity index (χ1v) is 3.94. The molecule has 0 fully saturated rings. The van der Waals surface area contributed by atoms with Crippen LogP contribution in [0, 0.1) is 0 Å². The first-order valence-electron chi connectivity index (χ1n) is 3.94. The summed E-state index contributed by atoms with van der Waals surface area (Å²) in [6, 6.07) is 0. The standard InChI is InChI=1S/C9H17N/c1-3-5-6-7-8-9-10-4-2/h5-8,10H,3-4,9H2,1-2H3/b6-5+,8-7-. The second-order valence-corrected chi connectivity index (χ2v) is 2.07. The fourth-order valence-electron chi connectivity index (χ4n) is 0.589. The summed E-state index contributed by atoms with van der Waals surface area (Å²) >= 11 is 0. The van der Waals surface area contributed by atoms with E-state index in [1.165, 1.54) is 0 Å². The zero-order valence-corrected chi connectivity index (χ0v) is 6.93. The van der Waals surface area contributed by atoms with E-state index in [-0.39, 0.29) is 0 Å². The lowest BCUT2D eigenvalue weighted by Gasteiger charge is -1.90. The van der Waals surface area contributed by atoms with Gasteiger partial charge in [-0.25, -0.2) is 0 Å². The highest BCUT2D eigenvalue weighted by atomic mass is 14.8. The van der Waals surface area contributed by atoms with E-state index in [0.29, 0.717) is 0 Å². The van der Waals surface area contributed by atoms with Crippen molar-refractivity contribution in [3.05, 3.63) is 24.3 Å². The first kappa shape index (κ1) is 9.44. The minimum Gasteiger partial charge on any atom is -0.314 e. The molecule has 0 amide bonds. The van der Waals surface area contributed by atoms with Gasteiger partial charge in [0.05, 0.1) is 0 Å². The molecule has 0 aromatic rings. The van der Waals surface area contributed by atoms with Crippen molar-refractivity contribution in [3.8, 4) is 0 Å². The van der Waals surface area contributed by atoms with Crippen LogP contribution < -0.4 is 5.32 Å². The topological polar surface area (TPSA) is 12.0 Å². The Balaban J connectivity index is 3.11. The monoisotopic (exact) mass is 139 g/mol. The smallest absolute Gasteiger partial charge is 0.0137 e. The van der Waals surface area contributed by atoms with E-state index in [9.17, 15) is 0 Å². The number of allylic oxidation sites excluding steroid dienone is 3. The Labute approximate surface area is 63.8 Å². The fourth-order valence-corrected chi connectivity index (χ4v) is 0.589. The minimum absolute atomic E-state index is 0.977. The van der Waals surface area contributed by atoms with Crippen LogP contribution in [0.2, 0.25) is 0 Å². The van der Waals surface area contributed by atoms with Crippen LogP contribution in [-0.4, -0.2) is 13.1 Å². The summed E-state index contributed by atoms with van der Waals surface area (Å²) in [4.78, 5) is 0. The second kappa shape index (κ2) is 8.44. The number of hydrogen-bond donors (Lipinski definition) is 1. The maximum atomic E-state index is 3.20. The van der Waals surface area contributed by atoms with Gasteiger partial charge in [0.15, 0.2) is 0 Å². The van der Waals surface area contributed by atoms with Crippen LogP contribution in [0.15, 0.2) is 24.3 Å². The third kappa shape index (κ3) is 7.44.